The molecule has 5 nitrogen and oxygen atoms in total. The van der Waals surface area contributed by atoms with Crippen LogP contribution in [0.25, 0.3) is 0 Å². The Labute approximate surface area is 157 Å². The minimum Gasteiger partial charge on any atom is -0.348 e. The van der Waals surface area contributed by atoms with Crippen molar-refractivity contribution in [2.75, 3.05) is 13.1 Å². The maximum absolute atomic E-state index is 12.9. The summed E-state index contributed by atoms with van der Waals surface area (Å²) in [5.74, 6) is -0.800. The van der Waals surface area contributed by atoms with Gasteiger partial charge in [-0.15, -0.1) is 0 Å². The quantitative estimate of drug-likeness (QED) is 0.776. The molecule has 8 heteroatoms. The lowest BCUT2D eigenvalue weighted by Crippen LogP contribution is -2.31. The molecule has 0 saturated heterocycles. The van der Waals surface area contributed by atoms with E-state index in [1.54, 1.807) is 26.0 Å². The lowest BCUT2D eigenvalue weighted by Gasteiger charge is -2.19. The Morgan fingerprint density at radius 3 is 2.31 bits per heavy atom. The fourth-order valence-corrected chi connectivity index (χ4v) is 4.39. The van der Waals surface area contributed by atoms with Gasteiger partial charge in [-0.1, -0.05) is 37.6 Å². The van der Waals surface area contributed by atoms with Gasteiger partial charge in [-0.25, -0.2) is 12.8 Å². The molecule has 0 aliphatic carbocycles. The summed E-state index contributed by atoms with van der Waals surface area (Å²) in [5.41, 5.74) is 0.909. The van der Waals surface area contributed by atoms with Crippen LogP contribution in [0.1, 0.15) is 29.8 Å². The van der Waals surface area contributed by atoms with Crippen LogP contribution in [0.3, 0.4) is 0 Å². The van der Waals surface area contributed by atoms with Crippen LogP contribution in [0.2, 0.25) is 5.02 Å². The standard InChI is InChI=1S/C18H20ClFN2O3S/c1-3-22(4-2)26(24,25)17-11-14(7-10-16(17)19)18(23)21-12-13-5-8-15(20)9-6-13/h5-11H,3-4,12H2,1-2H3,(H,21,23). The first-order chi connectivity index (χ1) is 12.3. The Bertz CT molecular complexity index is 882. The maximum atomic E-state index is 12.9. The van der Waals surface area contributed by atoms with Crippen molar-refractivity contribution in [1.29, 1.82) is 0 Å². The lowest BCUT2D eigenvalue weighted by atomic mass is 10.2. The maximum Gasteiger partial charge on any atom is 0.251 e. The number of carbonyl (C=O) groups excluding carboxylic acids is 1. The van der Waals surface area contributed by atoms with Gasteiger partial charge < -0.3 is 5.32 Å². The van der Waals surface area contributed by atoms with Crippen molar-refractivity contribution in [3.63, 3.8) is 0 Å². The smallest absolute Gasteiger partial charge is 0.251 e. The van der Waals surface area contributed by atoms with E-state index in [1.165, 1.54) is 34.6 Å². The molecule has 0 heterocycles. The number of halogens is 2. The van der Waals surface area contributed by atoms with Crippen molar-refractivity contribution in [1.82, 2.24) is 9.62 Å². The molecule has 1 N–H and O–H groups in total. The van der Waals surface area contributed by atoms with Crippen molar-refractivity contribution in [3.8, 4) is 0 Å². The molecule has 0 atom stereocenters. The topological polar surface area (TPSA) is 66.5 Å². The SMILES string of the molecule is CCN(CC)S(=O)(=O)c1cc(C(=O)NCc2ccc(F)cc2)ccc1Cl. The fraction of sp³-hybridized carbons (Fsp3) is 0.278. The van der Waals surface area contributed by atoms with Crippen molar-refractivity contribution in [2.24, 2.45) is 0 Å². The molecule has 0 fully saturated rings. The number of hydrogen-bond acceptors (Lipinski definition) is 3. The van der Waals surface area contributed by atoms with E-state index < -0.39 is 15.9 Å². The third kappa shape index (κ3) is 4.60. The van der Waals surface area contributed by atoms with Gasteiger partial charge in [0.15, 0.2) is 0 Å². The van der Waals surface area contributed by atoms with Gasteiger partial charge >= 0.3 is 0 Å². The highest BCUT2D eigenvalue weighted by Crippen LogP contribution is 2.26. The van der Waals surface area contributed by atoms with E-state index >= 15 is 0 Å². The monoisotopic (exact) mass is 398 g/mol. The van der Waals surface area contributed by atoms with E-state index in [1.807, 2.05) is 0 Å². The third-order valence-electron chi connectivity index (χ3n) is 3.88. The van der Waals surface area contributed by atoms with E-state index in [0.29, 0.717) is 13.1 Å². The number of nitrogens with one attached hydrogen (secondary N) is 1. The summed E-state index contributed by atoms with van der Waals surface area (Å²) in [4.78, 5) is 12.2. The summed E-state index contributed by atoms with van der Waals surface area (Å²) in [6.45, 7) is 4.26. The zero-order valence-electron chi connectivity index (χ0n) is 14.5. The summed E-state index contributed by atoms with van der Waals surface area (Å²) in [7, 11) is -3.78. The second kappa shape index (κ2) is 8.62. The van der Waals surface area contributed by atoms with Crippen LogP contribution < -0.4 is 5.32 Å². The van der Waals surface area contributed by atoms with Gasteiger partial charge in [0.1, 0.15) is 10.7 Å². The van der Waals surface area contributed by atoms with E-state index in [9.17, 15) is 17.6 Å². The second-order valence-electron chi connectivity index (χ2n) is 5.54. The second-order valence-corrected chi connectivity index (χ2v) is 7.86. The molecular weight excluding hydrogens is 379 g/mol. The first-order valence-electron chi connectivity index (χ1n) is 8.12. The van der Waals surface area contributed by atoms with Gasteiger partial charge in [0.2, 0.25) is 10.0 Å². The molecule has 0 radical (unpaired) electrons. The molecular formula is C18H20ClFN2O3S. The molecule has 26 heavy (non-hydrogen) atoms. The Balaban J connectivity index is 2.22. The Hall–Kier alpha value is -1.96. The Morgan fingerprint density at radius 2 is 1.73 bits per heavy atom. The summed E-state index contributed by atoms with van der Waals surface area (Å²) < 4.78 is 39.5. The van der Waals surface area contributed by atoms with Crippen LogP contribution in [-0.4, -0.2) is 31.7 Å². The molecule has 140 valence electrons. The summed E-state index contributed by atoms with van der Waals surface area (Å²) in [6, 6.07) is 9.86. The summed E-state index contributed by atoms with van der Waals surface area (Å²) in [5, 5.41) is 2.74. The molecule has 1 amide bonds. The average Bonchev–Trinajstić information content (AvgIpc) is 2.62. The first kappa shape index (κ1) is 20.4. The van der Waals surface area contributed by atoms with E-state index in [4.69, 9.17) is 11.6 Å². The highest BCUT2D eigenvalue weighted by molar-refractivity contribution is 7.89. The van der Waals surface area contributed by atoms with Gasteiger partial charge in [0.05, 0.1) is 5.02 Å². The molecule has 0 spiro atoms. The zero-order chi connectivity index (χ0) is 19.3. The number of rotatable bonds is 7. The number of carbonyl (C=O) groups is 1. The van der Waals surface area contributed by atoms with Crippen molar-refractivity contribution in [2.45, 2.75) is 25.3 Å². The predicted molar refractivity (Wildman–Crippen MR) is 99.1 cm³/mol. The number of sulfonamides is 1. The number of benzene rings is 2. The first-order valence-corrected chi connectivity index (χ1v) is 9.93. The minimum atomic E-state index is -3.78. The Morgan fingerprint density at radius 1 is 1.12 bits per heavy atom. The summed E-state index contributed by atoms with van der Waals surface area (Å²) >= 11 is 6.06. The van der Waals surface area contributed by atoms with Gasteiger partial charge in [-0.3, -0.25) is 4.79 Å². The molecule has 2 aromatic rings. The molecule has 2 aromatic carbocycles. The van der Waals surface area contributed by atoms with E-state index in [2.05, 4.69) is 5.32 Å². The van der Waals surface area contributed by atoms with Crippen LogP contribution in [0.5, 0.6) is 0 Å². The summed E-state index contributed by atoms with van der Waals surface area (Å²) in [6.07, 6.45) is 0. The van der Waals surface area contributed by atoms with Crippen LogP contribution in [0.4, 0.5) is 4.39 Å². The van der Waals surface area contributed by atoms with Crippen LogP contribution in [0.15, 0.2) is 47.4 Å². The molecule has 2 rings (SSSR count). The van der Waals surface area contributed by atoms with Crippen molar-refractivity contribution in [3.05, 3.63) is 64.4 Å². The van der Waals surface area contributed by atoms with Gasteiger partial charge in [-0.2, -0.15) is 4.31 Å². The molecule has 0 aliphatic rings. The van der Waals surface area contributed by atoms with Crippen molar-refractivity contribution >= 4 is 27.5 Å². The molecule has 0 bridgehead atoms. The number of hydrogen-bond donors (Lipinski definition) is 1. The van der Waals surface area contributed by atoms with Crippen molar-refractivity contribution < 1.29 is 17.6 Å². The average molecular weight is 399 g/mol. The Kier molecular flexibility index (Phi) is 6.75. The lowest BCUT2D eigenvalue weighted by molar-refractivity contribution is 0.0950. The molecule has 0 saturated carbocycles. The molecule has 0 aromatic heterocycles. The van der Waals surface area contributed by atoms with Gasteiger partial charge in [0, 0.05) is 25.2 Å². The largest absolute Gasteiger partial charge is 0.348 e. The third-order valence-corrected chi connectivity index (χ3v) is 6.41. The number of amides is 1. The highest BCUT2D eigenvalue weighted by atomic mass is 35.5. The van der Waals surface area contributed by atoms with Gasteiger partial charge in [-0.05, 0) is 35.9 Å². The van der Waals surface area contributed by atoms with E-state index in [0.717, 1.165) is 5.56 Å². The predicted octanol–water partition coefficient (Wildman–Crippen LogP) is 3.44. The van der Waals surface area contributed by atoms with Crippen LogP contribution in [0, 0.1) is 5.82 Å². The number of nitrogens with zero attached hydrogens (tertiary/aromatic N) is 1. The fourth-order valence-electron chi connectivity index (χ4n) is 2.43. The molecule has 0 aliphatic heterocycles. The normalized spacial score (nSPS) is 11.6. The van der Waals surface area contributed by atoms with Gasteiger partial charge in [0.25, 0.3) is 5.91 Å². The highest BCUT2D eigenvalue weighted by Gasteiger charge is 2.25. The van der Waals surface area contributed by atoms with Crippen LogP contribution in [-0.2, 0) is 16.6 Å². The molecule has 0 unspecified atom stereocenters. The van der Waals surface area contributed by atoms with Crippen LogP contribution >= 0.6 is 11.6 Å². The zero-order valence-corrected chi connectivity index (χ0v) is 16.1. The minimum absolute atomic E-state index is 0.0620. The van der Waals surface area contributed by atoms with E-state index in [-0.39, 0.29) is 27.8 Å².